The van der Waals surface area contributed by atoms with Crippen LogP contribution in [0.25, 0.3) is 0 Å². The molecule has 1 aromatic rings. The number of pyridine rings is 1. The van der Waals surface area contributed by atoms with Crippen LogP contribution in [0.5, 0.6) is 0 Å². The van der Waals surface area contributed by atoms with Crippen molar-refractivity contribution in [2.75, 3.05) is 13.1 Å². The zero-order valence-corrected chi connectivity index (χ0v) is 16.9. The Labute approximate surface area is 143 Å². The summed E-state index contributed by atoms with van der Waals surface area (Å²) in [5.74, 6) is 0.0858. The second-order valence-electron chi connectivity index (χ2n) is 7.27. The minimum absolute atomic E-state index is 0.0858. The van der Waals surface area contributed by atoms with Gasteiger partial charge < -0.3 is 4.90 Å². The number of rotatable bonds is 9. The molecule has 130 valence electrons. The summed E-state index contributed by atoms with van der Waals surface area (Å²) in [4.78, 5) is 19.2. The molecule has 0 fully saturated rings. The van der Waals surface area contributed by atoms with Crippen molar-refractivity contribution in [3.05, 3.63) is 23.5 Å². The standard InChI is InChI=1S/C19H34N2OSi/c1-7-10-11-12-13-16-14-17(23(4,5)6)15-20-18(16)19(22)21(8-2)9-3/h14-15H,7-13H2,1-6H3. The van der Waals surface area contributed by atoms with Gasteiger partial charge in [-0.2, -0.15) is 0 Å². The van der Waals surface area contributed by atoms with Gasteiger partial charge in [0.2, 0.25) is 0 Å². The average molecular weight is 335 g/mol. The summed E-state index contributed by atoms with van der Waals surface area (Å²) in [5.41, 5.74) is 1.82. The fraction of sp³-hybridized carbons (Fsp3) is 0.684. The predicted molar refractivity (Wildman–Crippen MR) is 102 cm³/mol. The minimum Gasteiger partial charge on any atom is -0.338 e. The molecule has 0 aliphatic rings. The lowest BCUT2D eigenvalue weighted by molar-refractivity contribution is 0.0766. The van der Waals surface area contributed by atoms with Gasteiger partial charge in [0, 0.05) is 19.3 Å². The fourth-order valence-corrected chi connectivity index (χ4v) is 3.77. The lowest BCUT2D eigenvalue weighted by atomic mass is 10.0. The highest BCUT2D eigenvalue weighted by atomic mass is 28.3. The van der Waals surface area contributed by atoms with E-state index < -0.39 is 8.07 Å². The molecule has 0 bridgehead atoms. The van der Waals surface area contributed by atoms with Gasteiger partial charge in [0.15, 0.2) is 0 Å². The highest BCUT2D eigenvalue weighted by Crippen LogP contribution is 2.15. The van der Waals surface area contributed by atoms with E-state index in [9.17, 15) is 4.79 Å². The Kier molecular flexibility index (Phi) is 7.96. The monoisotopic (exact) mass is 334 g/mol. The van der Waals surface area contributed by atoms with Gasteiger partial charge in [0.05, 0.1) is 8.07 Å². The Hall–Kier alpha value is -1.16. The first-order valence-electron chi connectivity index (χ1n) is 9.13. The van der Waals surface area contributed by atoms with Crippen molar-refractivity contribution >= 4 is 19.2 Å². The molecule has 1 aromatic heterocycles. The number of amides is 1. The number of carbonyl (C=O) groups excluding carboxylic acids is 1. The van der Waals surface area contributed by atoms with Crippen LogP contribution in [-0.4, -0.2) is 37.0 Å². The highest BCUT2D eigenvalue weighted by molar-refractivity contribution is 6.88. The summed E-state index contributed by atoms with van der Waals surface area (Å²) < 4.78 is 0. The maximum Gasteiger partial charge on any atom is 0.272 e. The molecule has 0 saturated heterocycles. The third-order valence-electron chi connectivity index (χ3n) is 4.39. The number of hydrogen-bond donors (Lipinski definition) is 0. The van der Waals surface area contributed by atoms with Crippen molar-refractivity contribution in [2.24, 2.45) is 0 Å². The predicted octanol–water partition coefficient (Wildman–Crippen LogP) is 4.23. The number of nitrogens with zero attached hydrogens (tertiary/aromatic N) is 2. The van der Waals surface area contributed by atoms with Crippen molar-refractivity contribution in [2.45, 2.75) is 72.5 Å². The maximum atomic E-state index is 12.8. The third kappa shape index (κ3) is 5.76. The number of aromatic nitrogens is 1. The van der Waals surface area contributed by atoms with Gasteiger partial charge in [0.25, 0.3) is 5.91 Å². The molecule has 1 rings (SSSR count). The zero-order valence-electron chi connectivity index (χ0n) is 15.9. The van der Waals surface area contributed by atoms with Gasteiger partial charge in [-0.05, 0) is 37.4 Å². The first-order valence-corrected chi connectivity index (χ1v) is 12.6. The van der Waals surface area contributed by atoms with Crippen molar-refractivity contribution in [3.63, 3.8) is 0 Å². The van der Waals surface area contributed by atoms with E-state index in [1.165, 1.54) is 24.4 Å². The average Bonchev–Trinajstić information content (AvgIpc) is 2.51. The van der Waals surface area contributed by atoms with E-state index in [1.54, 1.807) is 0 Å². The molecule has 0 N–H and O–H groups in total. The van der Waals surface area contributed by atoms with Gasteiger partial charge in [-0.15, -0.1) is 0 Å². The van der Waals surface area contributed by atoms with E-state index in [4.69, 9.17) is 0 Å². The summed E-state index contributed by atoms with van der Waals surface area (Å²) in [7, 11) is -1.41. The summed E-state index contributed by atoms with van der Waals surface area (Å²) >= 11 is 0. The quantitative estimate of drug-likeness (QED) is 0.500. The zero-order chi connectivity index (χ0) is 17.5. The summed E-state index contributed by atoms with van der Waals surface area (Å²) in [5, 5.41) is 1.35. The molecule has 0 aromatic carbocycles. The Bertz CT molecular complexity index is 505. The lowest BCUT2D eigenvalue weighted by Crippen LogP contribution is -2.39. The lowest BCUT2D eigenvalue weighted by Gasteiger charge is -2.22. The van der Waals surface area contributed by atoms with E-state index in [1.807, 2.05) is 24.9 Å². The highest BCUT2D eigenvalue weighted by Gasteiger charge is 2.22. The fourth-order valence-electron chi connectivity index (χ4n) is 2.71. The van der Waals surface area contributed by atoms with Crippen LogP contribution in [0, 0.1) is 0 Å². The Morgan fingerprint density at radius 1 is 1.09 bits per heavy atom. The molecular formula is C19H34N2OSi. The van der Waals surface area contributed by atoms with Crippen molar-refractivity contribution in [1.82, 2.24) is 9.88 Å². The maximum absolute atomic E-state index is 12.8. The molecule has 1 amide bonds. The number of unbranched alkanes of at least 4 members (excludes halogenated alkanes) is 3. The second-order valence-corrected chi connectivity index (χ2v) is 12.3. The molecule has 0 spiro atoms. The van der Waals surface area contributed by atoms with E-state index in [2.05, 4.69) is 37.6 Å². The van der Waals surface area contributed by atoms with Crippen LogP contribution >= 0.6 is 0 Å². The molecule has 4 heteroatoms. The molecule has 0 radical (unpaired) electrons. The van der Waals surface area contributed by atoms with Crippen LogP contribution in [-0.2, 0) is 6.42 Å². The summed E-state index contributed by atoms with van der Waals surface area (Å²) in [6.45, 7) is 14.7. The van der Waals surface area contributed by atoms with Crippen LogP contribution in [0.3, 0.4) is 0 Å². The number of hydrogen-bond acceptors (Lipinski definition) is 2. The van der Waals surface area contributed by atoms with Crippen molar-refractivity contribution < 1.29 is 4.79 Å². The topological polar surface area (TPSA) is 33.2 Å². The van der Waals surface area contributed by atoms with Crippen LogP contribution < -0.4 is 5.19 Å². The Morgan fingerprint density at radius 2 is 1.74 bits per heavy atom. The summed E-state index contributed by atoms with van der Waals surface area (Å²) in [6, 6.07) is 2.27. The molecule has 23 heavy (non-hydrogen) atoms. The van der Waals surface area contributed by atoms with E-state index in [0.29, 0.717) is 5.69 Å². The molecule has 3 nitrogen and oxygen atoms in total. The van der Waals surface area contributed by atoms with E-state index in [-0.39, 0.29) is 5.91 Å². The van der Waals surface area contributed by atoms with E-state index in [0.717, 1.165) is 31.5 Å². The first-order chi connectivity index (χ1) is 10.8. The first kappa shape index (κ1) is 19.9. The molecule has 0 aliphatic carbocycles. The van der Waals surface area contributed by atoms with E-state index >= 15 is 0 Å². The molecule has 0 unspecified atom stereocenters. The largest absolute Gasteiger partial charge is 0.338 e. The third-order valence-corrected chi connectivity index (χ3v) is 6.39. The second kappa shape index (κ2) is 9.21. The smallest absolute Gasteiger partial charge is 0.272 e. The number of aryl methyl sites for hydroxylation is 1. The van der Waals surface area contributed by atoms with Crippen LogP contribution in [0.4, 0.5) is 0 Å². The minimum atomic E-state index is -1.41. The normalized spacial score (nSPS) is 11.6. The van der Waals surface area contributed by atoms with Gasteiger partial charge in [-0.25, -0.2) is 0 Å². The molecule has 0 aliphatic heterocycles. The SMILES string of the molecule is CCCCCCc1cc([Si](C)(C)C)cnc1C(=O)N(CC)CC. The van der Waals surface area contributed by atoms with Gasteiger partial charge >= 0.3 is 0 Å². The van der Waals surface area contributed by atoms with Crippen LogP contribution in [0.2, 0.25) is 19.6 Å². The molecule has 0 saturated carbocycles. The molecule has 0 atom stereocenters. The van der Waals surface area contributed by atoms with Gasteiger partial charge in [0.1, 0.15) is 5.69 Å². The van der Waals surface area contributed by atoms with Gasteiger partial charge in [-0.1, -0.05) is 51.9 Å². The number of carbonyl (C=O) groups is 1. The van der Waals surface area contributed by atoms with Crippen molar-refractivity contribution in [3.8, 4) is 0 Å². The molecular weight excluding hydrogens is 300 g/mol. The van der Waals surface area contributed by atoms with Crippen LogP contribution in [0.1, 0.15) is 62.5 Å². The Balaban J connectivity index is 3.09. The van der Waals surface area contributed by atoms with Crippen LogP contribution in [0.15, 0.2) is 12.3 Å². The Morgan fingerprint density at radius 3 is 2.26 bits per heavy atom. The summed E-state index contributed by atoms with van der Waals surface area (Å²) in [6.07, 6.45) is 7.78. The van der Waals surface area contributed by atoms with Gasteiger partial charge in [-0.3, -0.25) is 9.78 Å². The van der Waals surface area contributed by atoms with Crippen molar-refractivity contribution in [1.29, 1.82) is 0 Å². The molecule has 1 heterocycles.